The van der Waals surface area contributed by atoms with E-state index in [-0.39, 0.29) is 0 Å². The number of hydrogen-bond donors (Lipinski definition) is 2. The quantitative estimate of drug-likeness (QED) is 0.758. The van der Waals surface area contributed by atoms with Crippen LogP contribution in [0.5, 0.6) is 0 Å². The number of anilines is 1. The van der Waals surface area contributed by atoms with E-state index in [4.69, 9.17) is 4.74 Å². The minimum atomic E-state index is -1.16. The summed E-state index contributed by atoms with van der Waals surface area (Å²) in [4.78, 5) is 6.90. The normalized spacial score (nSPS) is 12.3. The third-order valence-electron chi connectivity index (χ3n) is 2.61. The van der Waals surface area contributed by atoms with Crippen LogP contribution in [-0.2, 0) is 21.3 Å². The second kappa shape index (κ2) is 7.06. The summed E-state index contributed by atoms with van der Waals surface area (Å²) in [6.07, 6.45) is 3.28. The molecule has 2 rings (SSSR count). The van der Waals surface area contributed by atoms with Gasteiger partial charge in [0, 0.05) is 31.7 Å². The monoisotopic (exact) mass is 279 g/mol. The zero-order valence-electron chi connectivity index (χ0n) is 10.8. The van der Waals surface area contributed by atoms with Crippen LogP contribution in [0.1, 0.15) is 5.56 Å². The van der Waals surface area contributed by atoms with E-state index in [9.17, 15) is 4.21 Å². The van der Waals surface area contributed by atoms with Gasteiger partial charge in [0.25, 0.3) is 0 Å². The van der Waals surface area contributed by atoms with Gasteiger partial charge in [-0.3, -0.25) is 4.21 Å². The molecule has 0 radical (unpaired) electrons. The van der Waals surface area contributed by atoms with Gasteiger partial charge < -0.3 is 15.0 Å². The van der Waals surface area contributed by atoms with E-state index in [2.05, 4.69) is 15.3 Å². The van der Waals surface area contributed by atoms with Crippen molar-refractivity contribution in [1.29, 1.82) is 0 Å². The van der Waals surface area contributed by atoms with E-state index in [0.717, 1.165) is 17.8 Å². The highest BCUT2D eigenvalue weighted by molar-refractivity contribution is 7.84. The molecule has 0 spiro atoms. The first-order valence-corrected chi connectivity index (χ1v) is 7.31. The number of para-hydroxylation sites is 1. The Kier molecular flexibility index (Phi) is 5.11. The van der Waals surface area contributed by atoms with Gasteiger partial charge in [-0.1, -0.05) is 18.2 Å². The molecule has 5 nitrogen and oxygen atoms in total. The van der Waals surface area contributed by atoms with Crippen LogP contribution < -0.4 is 5.32 Å². The Morgan fingerprint density at radius 1 is 1.42 bits per heavy atom. The molecule has 0 aliphatic rings. The zero-order valence-corrected chi connectivity index (χ0v) is 11.6. The number of nitrogens with one attached hydrogen (secondary N) is 2. The molecule has 19 heavy (non-hydrogen) atoms. The fourth-order valence-electron chi connectivity index (χ4n) is 1.69. The molecular formula is C13H17N3O2S. The van der Waals surface area contributed by atoms with E-state index in [1.54, 1.807) is 19.5 Å². The van der Waals surface area contributed by atoms with Crippen molar-refractivity contribution in [3.8, 4) is 0 Å². The molecule has 0 saturated carbocycles. The SMILES string of the molecule is COCCNc1ccccc1CS(=O)c1ncc[nH]1. The largest absolute Gasteiger partial charge is 0.383 e. The number of H-pyrrole nitrogens is 1. The summed E-state index contributed by atoms with van der Waals surface area (Å²) in [6.45, 7) is 1.36. The summed E-state index contributed by atoms with van der Waals surface area (Å²) in [6, 6.07) is 7.84. The number of nitrogens with zero attached hydrogens (tertiary/aromatic N) is 1. The smallest absolute Gasteiger partial charge is 0.196 e. The van der Waals surface area contributed by atoms with E-state index in [0.29, 0.717) is 17.5 Å². The summed E-state index contributed by atoms with van der Waals surface area (Å²) < 4.78 is 17.1. The van der Waals surface area contributed by atoms with Crippen molar-refractivity contribution in [2.45, 2.75) is 10.9 Å². The molecule has 2 aromatic rings. The van der Waals surface area contributed by atoms with E-state index in [1.165, 1.54) is 0 Å². The topological polar surface area (TPSA) is 67.0 Å². The lowest BCUT2D eigenvalue weighted by molar-refractivity contribution is 0.211. The molecule has 0 amide bonds. The van der Waals surface area contributed by atoms with Crippen LogP contribution in [0.4, 0.5) is 5.69 Å². The molecule has 0 aliphatic heterocycles. The van der Waals surface area contributed by atoms with Gasteiger partial charge >= 0.3 is 0 Å². The zero-order chi connectivity index (χ0) is 13.5. The standard InChI is InChI=1S/C13H17N3O2S/c1-18-9-8-14-12-5-3-2-4-11(12)10-19(17)13-15-6-7-16-13/h2-7,14H,8-10H2,1H3,(H,15,16). The maximum absolute atomic E-state index is 12.1. The fraction of sp³-hybridized carbons (Fsp3) is 0.308. The van der Waals surface area contributed by atoms with Gasteiger partial charge in [-0.05, 0) is 11.6 Å². The van der Waals surface area contributed by atoms with Crippen LogP contribution in [-0.4, -0.2) is 34.4 Å². The number of rotatable bonds is 7. The molecule has 6 heteroatoms. The highest BCUT2D eigenvalue weighted by Gasteiger charge is 2.10. The first kappa shape index (κ1) is 13.8. The van der Waals surface area contributed by atoms with E-state index in [1.807, 2.05) is 24.3 Å². The molecule has 0 bridgehead atoms. The molecule has 0 aliphatic carbocycles. The van der Waals surface area contributed by atoms with Crippen molar-refractivity contribution in [3.63, 3.8) is 0 Å². The average molecular weight is 279 g/mol. The highest BCUT2D eigenvalue weighted by Crippen LogP contribution is 2.18. The predicted molar refractivity (Wildman–Crippen MR) is 75.5 cm³/mol. The number of benzene rings is 1. The number of hydrogen-bond acceptors (Lipinski definition) is 4. The van der Waals surface area contributed by atoms with Gasteiger partial charge in [0.05, 0.1) is 23.2 Å². The maximum atomic E-state index is 12.1. The number of imidazole rings is 1. The summed E-state index contributed by atoms with van der Waals surface area (Å²) in [5, 5.41) is 3.78. The molecule has 2 N–H and O–H groups in total. The van der Waals surface area contributed by atoms with Crippen molar-refractivity contribution in [2.24, 2.45) is 0 Å². The fourth-order valence-corrected chi connectivity index (χ4v) is 2.74. The lowest BCUT2D eigenvalue weighted by Gasteiger charge is -2.11. The first-order valence-electron chi connectivity index (χ1n) is 5.99. The molecule has 1 aromatic heterocycles. The van der Waals surface area contributed by atoms with Crippen molar-refractivity contribution < 1.29 is 8.95 Å². The second-order valence-corrected chi connectivity index (χ2v) is 5.33. The summed E-state index contributed by atoms with van der Waals surface area (Å²) in [7, 11) is 0.507. The van der Waals surface area contributed by atoms with Crippen molar-refractivity contribution >= 4 is 16.5 Å². The average Bonchev–Trinajstić information content (AvgIpc) is 2.95. The molecule has 1 unspecified atom stereocenters. The molecule has 1 atom stereocenters. The van der Waals surface area contributed by atoms with Crippen LogP contribution in [0.25, 0.3) is 0 Å². The summed E-state index contributed by atoms with van der Waals surface area (Å²) >= 11 is 0. The maximum Gasteiger partial charge on any atom is 0.196 e. The Morgan fingerprint density at radius 3 is 3.00 bits per heavy atom. The number of methoxy groups -OCH3 is 1. The Labute approximate surface area is 114 Å². The highest BCUT2D eigenvalue weighted by atomic mass is 32.2. The van der Waals surface area contributed by atoms with E-state index < -0.39 is 10.8 Å². The lowest BCUT2D eigenvalue weighted by atomic mass is 10.2. The molecule has 1 heterocycles. The Hall–Kier alpha value is -1.66. The van der Waals surface area contributed by atoms with Crippen LogP contribution in [0, 0.1) is 0 Å². The third kappa shape index (κ3) is 3.90. The van der Waals surface area contributed by atoms with Gasteiger partial charge in [-0.15, -0.1) is 0 Å². The van der Waals surface area contributed by atoms with Gasteiger partial charge in [0.2, 0.25) is 0 Å². The second-order valence-electron chi connectivity index (χ2n) is 3.96. The van der Waals surface area contributed by atoms with E-state index >= 15 is 0 Å². The number of aromatic amines is 1. The predicted octanol–water partition coefficient (Wildman–Crippen LogP) is 1.78. The van der Waals surface area contributed by atoms with Gasteiger partial charge in [-0.2, -0.15) is 0 Å². The Morgan fingerprint density at radius 2 is 2.26 bits per heavy atom. The minimum Gasteiger partial charge on any atom is -0.383 e. The molecule has 0 fully saturated rings. The third-order valence-corrected chi connectivity index (χ3v) is 3.84. The van der Waals surface area contributed by atoms with Gasteiger partial charge in [0.1, 0.15) is 0 Å². The van der Waals surface area contributed by atoms with Crippen molar-refractivity contribution in [3.05, 3.63) is 42.2 Å². The molecule has 1 aromatic carbocycles. The lowest BCUT2D eigenvalue weighted by Crippen LogP contribution is -2.10. The van der Waals surface area contributed by atoms with Crippen LogP contribution >= 0.6 is 0 Å². The van der Waals surface area contributed by atoms with Crippen LogP contribution in [0.15, 0.2) is 41.8 Å². The Bertz CT molecular complexity index is 528. The van der Waals surface area contributed by atoms with Crippen molar-refractivity contribution in [2.75, 3.05) is 25.6 Å². The molecule has 0 saturated heterocycles. The first-order chi connectivity index (χ1) is 9.31. The Balaban J connectivity index is 2.05. The number of aromatic nitrogens is 2. The number of ether oxygens (including phenoxy) is 1. The van der Waals surface area contributed by atoms with Gasteiger partial charge in [-0.25, -0.2) is 4.98 Å². The minimum absolute atomic E-state index is 0.434. The molecular weight excluding hydrogens is 262 g/mol. The van der Waals surface area contributed by atoms with Gasteiger partial charge in [0.15, 0.2) is 5.16 Å². The summed E-state index contributed by atoms with van der Waals surface area (Å²) in [5.41, 5.74) is 1.99. The summed E-state index contributed by atoms with van der Waals surface area (Å²) in [5.74, 6) is 0.434. The van der Waals surface area contributed by atoms with Crippen LogP contribution in [0.3, 0.4) is 0 Å². The van der Waals surface area contributed by atoms with Crippen LogP contribution in [0.2, 0.25) is 0 Å². The van der Waals surface area contributed by atoms with Crippen molar-refractivity contribution in [1.82, 2.24) is 9.97 Å². The molecule has 102 valence electrons.